The van der Waals surface area contributed by atoms with E-state index in [4.69, 9.17) is 5.73 Å². The van der Waals surface area contributed by atoms with Gasteiger partial charge in [-0.1, -0.05) is 18.7 Å². The number of hydrogen-bond acceptors (Lipinski definition) is 7. The third-order valence-corrected chi connectivity index (χ3v) is 6.10. The number of guanidine groups is 1. The lowest BCUT2D eigenvalue weighted by Gasteiger charge is -2.29. The highest BCUT2D eigenvalue weighted by molar-refractivity contribution is 6.41. The van der Waals surface area contributed by atoms with Crippen molar-refractivity contribution in [3.05, 3.63) is 83.5 Å². The minimum absolute atomic E-state index is 0.0351. The third-order valence-electron chi connectivity index (χ3n) is 6.10. The van der Waals surface area contributed by atoms with Crippen LogP contribution in [0.1, 0.15) is 40.7 Å². The van der Waals surface area contributed by atoms with Gasteiger partial charge in [0, 0.05) is 36.2 Å². The first-order valence-corrected chi connectivity index (χ1v) is 12.1. The van der Waals surface area contributed by atoms with Gasteiger partial charge in [-0.25, -0.2) is 9.98 Å². The third kappa shape index (κ3) is 6.28. The van der Waals surface area contributed by atoms with Crippen molar-refractivity contribution in [3.8, 4) is 0 Å². The van der Waals surface area contributed by atoms with Crippen LogP contribution in [0.25, 0.3) is 0 Å². The van der Waals surface area contributed by atoms with E-state index in [2.05, 4.69) is 37.1 Å². The molecule has 0 aliphatic carbocycles. The van der Waals surface area contributed by atoms with Crippen LogP contribution in [0, 0.1) is 6.92 Å². The number of hydrogen-bond donors (Lipinski definition) is 3. The number of halogens is 3. The number of carbonyl (C=O) groups excluding carboxylic acids is 1. The molecule has 1 saturated heterocycles. The van der Waals surface area contributed by atoms with Crippen molar-refractivity contribution in [3.63, 3.8) is 0 Å². The normalized spacial score (nSPS) is 18.2. The maximum absolute atomic E-state index is 13.0. The molecular weight excluding hydrogens is 495 g/mol. The number of amides is 1. The number of aryl methyl sites for hydroxylation is 1. The number of likely N-dealkylation sites (tertiary alicyclic amines) is 1. The first kappa shape index (κ1) is 26.6. The molecule has 2 heterocycles. The summed E-state index contributed by atoms with van der Waals surface area (Å²) >= 11 is 0. The van der Waals surface area contributed by atoms with E-state index in [0.717, 1.165) is 43.6 Å². The monoisotopic (exact) mass is 523 g/mol. The molecule has 2 aromatic rings. The molecule has 2 aromatic carbocycles. The van der Waals surface area contributed by atoms with Gasteiger partial charge >= 0.3 is 6.18 Å². The highest BCUT2D eigenvalue weighted by Gasteiger charge is 2.30. The lowest BCUT2D eigenvalue weighted by atomic mass is 10.1. The van der Waals surface area contributed by atoms with Gasteiger partial charge < -0.3 is 21.3 Å². The number of anilines is 2. The van der Waals surface area contributed by atoms with E-state index in [1.807, 2.05) is 6.92 Å². The Morgan fingerprint density at radius 3 is 2.61 bits per heavy atom. The van der Waals surface area contributed by atoms with E-state index < -0.39 is 17.6 Å². The Morgan fingerprint density at radius 2 is 1.89 bits per heavy atom. The van der Waals surface area contributed by atoms with Gasteiger partial charge in [0.2, 0.25) is 5.96 Å². The number of nitrogens with zero attached hydrogens (tertiary/aromatic N) is 4. The average Bonchev–Trinajstić information content (AvgIpc) is 2.90. The van der Waals surface area contributed by atoms with Crippen molar-refractivity contribution in [1.82, 2.24) is 4.90 Å². The van der Waals surface area contributed by atoms with Gasteiger partial charge in [0.15, 0.2) is 0 Å². The molecule has 38 heavy (non-hydrogen) atoms. The molecule has 198 valence electrons. The van der Waals surface area contributed by atoms with Gasteiger partial charge in [0.25, 0.3) is 5.91 Å². The van der Waals surface area contributed by atoms with Crippen LogP contribution in [0.4, 0.5) is 24.5 Å². The molecule has 1 fully saturated rings. The Labute approximate surface area is 218 Å². The van der Waals surface area contributed by atoms with Crippen molar-refractivity contribution in [2.75, 3.05) is 23.7 Å². The number of nitrogens with one attached hydrogen (secondary N) is 2. The van der Waals surface area contributed by atoms with E-state index in [1.54, 1.807) is 24.4 Å². The molecule has 0 saturated carbocycles. The molecule has 8 nitrogen and oxygen atoms in total. The molecule has 0 spiro atoms. The van der Waals surface area contributed by atoms with Gasteiger partial charge in [-0.05, 0) is 62.1 Å². The van der Waals surface area contributed by atoms with E-state index in [1.165, 1.54) is 24.8 Å². The SMILES string of the molecule is C=C/N=C1/C=NC(N2CCCCC2)=N/C1=C(/N)Nc1cc(C(=O)Nc2cccc(C(F)(F)F)c2)ccc1C. The lowest BCUT2D eigenvalue weighted by molar-refractivity contribution is -0.137. The molecule has 4 N–H and O–H groups in total. The van der Waals surface area contributed by atoms with Crippen LogP contribution >= 0.6 is 0 Å². The Bertz CT molecular complexity index is 1350. The minimum atomic E-state index is -4.51. The summed E-state index contributed by atoms with van der Waals surface area (Å²) in [5, 5.41) is 5.62. The second-order valence-electron chi connectivity index (χ2n) is 8.86. The summed E-state index contributed by atoms with van der Waals surface area (Å²) in [5.41, 5.74) is 7.98. The fourth-order valence-corrected chi connectivity index (χ4v) is 4.08. The molecule has 4 rings (SSSR count). The molecular formula is C27H28F3N7O. The number of aliphatic imine (C=N–C) groups is 3. The zero-order valence-electron chi connectivity index (χ0n) is 20.8. The predicted octanol–water partition coefficient (Wildman–Crippen LogP) is 5.32. The first-order valence-electron chi connectivity index (χ1n) is 12.1. The largest absolute Gasteiger partial charge is 0.416 e. The fourth-order valence-electron chi connectivity index (χ4n) is 4.08. The van der Waals surface area contributed by atoms with Crippen LogP contribution in [-0.4, -0.2) is 41.8 Å². The average molecular weight is 524 g/mol. The van der Waals surface area contributed by atoms with E-state index >= 15 is 0 Å². The Balaban J connectivity index is 1.59. The van der Waals surface area contributed by atoms with Crippen molar-refractivity contribution in [1.29, 1.82) is 0 Å². The zero-order valence-corrected chi connectivity index (χ0v) is 20.8. The Morgan fingerprint density at radius 1 is 1.13 bits per heavy atom. The summed E-state index contributed by atoms with van der Waals surface area (Å²) in [7, 11) is 0. The van der Waals surface area contributed by atoms with E-state index in [0.29, 0.717) is 23.1 Å². The molecule has 1 amide bonds. The Hall–Kier alpha value is -4.41. The molecule has 0 atom stereocenters. The molecule has 2 aliphatic rings. The standard InChI is InChI=1S/C27H28F3N7O/c1-3-32-22-16-33-26(37-12-5-4-6-13-37)36-23(22)24(31)35-21-14-18(11-10-17(21)2)25(38)34-20-9-7-8-19(15-20)27(28,29)30/h3,7-11,14-16,35H,1,4-6,12-13,31H2,2H3,(H,34,38)/b24-23-,32-22-. The molecule has 0 unspecified atom stereocenters. The number of rotatable bonds is 5. The lowest BCUT2D eigenvalue weighted by Crippen LogP contribution is -2.37. The van der Waals surface area contributed by atoms with Gasteiger partial charge in [-0.2, -0.15) is 13.2 Å². The van der Waals surface area contributed by atoms with Crippen LogP contribution < -0.4 is 16.4 Å². The maximum atomic E-state index is 13.0. The quantitative estimate of drug-likeness (QED) is 0.493. The highest BCUT2D eigenvalue weighted by Crippen LogP contribution is 2.31. The van der Waals surface area contributed by atoms with Gasteiger partial charge in [0.1, 0.15) is 17.2 Å². The molecule has 11 heteroatoms. The second kappa shape index (κ2) is 11.3. The van der Waals surface area contributed by atoms with Crippen LogP contribution in [-0.2, 0) is 6.18 Å². The number of allylic oxidation sites excluding steroid dienone is 1. The van der Waals surface area contributed by atoms with Crippen molar-refractivity contribution < 1.29 is 18.0 Å². The van der Waals surface area contributed by atoms with E-state index in [9.17, 15) is 18.0 Å². The van der Waals surface area contributed by atoms with Crippen LogP contribution in [0.3, 0.4) is 0 Å². The second-order valence-corrected chi connectivity index (χ2v) is 8.86. The molecule has 0 radical (unpaired) electrons. The fraction of sp³-hybridized carbons (Fsp3) is 0.259. The molecule has 0 bridgehead atoms. The predicted molar refractivity (Wildman–Crippen MR) is 144 cm³/mol. The van der Waals surface area contributed by atoms with Crippen molar-refractivity contribution in [2.45, 2.75) is 32.4 Å². The van der Waals surface area contributed by atoms with Crippen molar-refractivity contribution in [2.24, 2.45) is 20.7 Å². The molecule has 0 aromatic heterocycles. The summed E-state index contributed by atoms with van der Waals surface area (Å²) in [6.07, 6.45) is 1.74. The number of nitrogens with two attached hydrogens (primary N) is 1. The first-order chi connectivity index (χ1) is 18.2. The summed E-state index contributed by atoms with van der Waals surface area (Å²) in [6, 6.07) is 9.33. The summed E-state index contributed by atoms with van der Waals surface area (Å²) < 4.78 is 39.1. The van der Waals surface area contributed by atoms with E-state index in [-0.39, 0.29) is 17.1 Å². The minimum Gasteiger partial charge on any atom is -0.383 e. The van der Waals surface area contributed by atoms with Crippen LogP contribution in [0.5, 0.6) is 0 Å². The number of alkyl halides is 3. The van der Waals surface area contributed by atoms with Gasteiger partial charge in [0.05, 0.1) is 11.8 Å². The summed E-state index contributed by atoms with van der Waals surface area (Å²) in [5.74, 6) is 0.186. The number of piperidine rings is 1. The van der Waals surface area contributed by atoms with Gasteiger partial charge in [-0.15, -0.1) is 0 Å². The Kier molecular flexibility index (Phi) is 7.94. The van der Waals surface area contributed by atoms with Gasteiger partial charge in [-0.3, -0.25) is 9.79 Å². The molecule has 2 aliphatic heterocycles. The highest BCUT2D eigenvalue weighted by atomic mass is 19.4. The zero-order chi connectivity index (χ0) is 27.3. The number of carbonyl (C=O) groups is 1. The number of benzene rings is 2. The van der Waals surface area contributed by atoms with Crippen LogP contribution in [0.15, 0.2) is 81.7 Å². The topological polar surface area (TPSA) is 107 Å². The van der Waals surface area contributed by atoms with Crippen molar-refractivity contribution >= 4 is 35.2 Å². The summed E-state index contributed by atoms with van der Waals surface area (Å²) in [6.45, 7) is 7.18. The van der Waals surface area contributed by atoms with Crippen LogP contribution in [0.2, 0.25) is 0 Å². The summed E-state index contributed by atoms with van der Waals surface area (Å²) in [4.78, 5) is 28.3. The smallest absolute Gasteiger partial charge is 0.383 e. The maximum Gasteiger partial charge on any atom is 0.416 e.